The van der Waals surface area contributed by atoms with Gasteiger partial charge in [0.2, 0.25) is 5.95 Å². The number of aryl methyl sites for hydroxylation is 2. The van der Waals surface area contributed by atoms with Crippen molar-refractivity contribution in [1.82, 2.24) is 9.55 Å². The quantitative estimate of drug-likeness (QED) is 0.395. The third-order valence-corrected chi connectivity index (χ3v) is 6.00. The molecule has 0 saturated heterocycles. The number of hydrogen-bond donors (Lipinski definition) is 1. The molecular weight excluding hydrogens is 410 g/mol. The van der Waals surface area contributed by atoms with E-state index in [9.17, 15) is 0 Å². The number of rotatable bonds is 2. The third-order valence-electron chi connectivity index (χ3n) is 5.47. The molecule has 3 nitrogen and oxygen atoms in total. The Hall–Kier alpha value is -2.85. The van der Waals surface area contributed by atoms with Gasteiger partial charge in [-0.1, -0.05) is 52.3 Å². The summed E-state index contributed by atoms with van der Waals surface area (Å²) in [5.74, 6) is 0.879. The zero-order valence-electron chi connectivity index (χ0n) is 15.8. The molecule has 0 radical (unpaired) electrons. The minimum absolute atomic E-state index is 0.0772. The standard InChI is InChI=1S/C24H20BrN3/c1-15-7-8-18(13-16(15)2)21-14-23(17-9-11-19(25)12-10-17)28-22-6-4-3-5-20(22)26-24(28)27-21/h3-14,23H,1-2H3,(H,26,27). The predicted octanol–water partition coefficient (Wildman–Crippen LogP) is 6.47. The van der Waals surface area contributed by atoms with Gasteiger partial charge in [0, 0.05) is 10.2 Å². The minimum atomic E-state index is 0.0772. The molecule has 0 fully saturated rings. The van der Waals surface area contributed by atoms with Gasteiger partial charge in [-0.25, -0.2) is 4.98 Å². The van der Waals surface area contributed by atoms with Crippen molar-refractivity contribution in [1.29, 1.82) is 0 Å². The Morgan fingerprint density at radius 1 is 0.929 bits per heavy atom. The van der Waals surface area contributed by atoms with Crippen LogP contribution in [0.4, 0.5) is 5.95 Å². The zero-order chi connectivity index (χ0) is 19.3. The first kappa shape index (κ1) is 17.3. The Morgan fingerprint density at radius 2 is 1.71 bits per heavy atom. The fourth-order valence-electron chi connectivity index (χ4n) is 3.79. The maximum absolute atomic E-state index is 4.86. The number of aromatic nitrogens is 2. The number of nitrogens with zero attached hydrogens (tertiary/aromatic N) is 2. The van der Waals surface area contributed by atoms with Crippen LogP contribution < -0.4 is 5.32 Å². The minimum Gasteiger partial charge on any atom is -0.325 e. The smallest absolute Gasteiger partial charge is 0.209 e. The van der Waals surface area contributed by atoms with Crippen LogP contribution in [0.15, 0.2) is 77.3 Å². The van der Waals surface area contributed by atoms with Crippen molar-refractivity contribution in [2.45, 2.75) is 19.9 Å². The summed E-state index contributed by atoms with van der Waals surface area (Å²) in [6.45, 7) is 4.30. The van der Waals surface area contributed by atoms with Gasteiger partial charge in [0.25, 0.3) is 0 Å². The summed E-state index contributed by atoms with van der Waals surface area (Å²) >= 11 is 3.55. The van der Waals surface area contributed by atoms with Crippen LogP contribution in [0.5, 0.6) is 0 Å². The van der Waals surface area contributed by atoms with Crippen molar-refractivity contribution in [3.8, 4) is 0 Å². The van der Waals surface area contributed by atoms with Gasteiger partial charge in [-0.15, -0.1) is 0 Å². The van der Waals surface area contributed by atoms with Crippen LogP contribution in [0.25, 0.3) is 16.7 Å². The number of benzene rings is 3. The van der Waals surface area contributed by atoms with Gasteiger partial charge >= 0.3 is 0 Å². The van der Waals surface area contributed by atoms with Crippen LogP contribution in [0.2, 0.25) is 0 Å². The number of para-hydroxylation sites is 2. The SMILES string of the molecule is Cc1ccc(C2=CC(c3ccc(Br)cc3)n3c(nc4ccccc43)N2)cc1C. The molecule has 0 bridgehead atoms. The van der Waals surface area contributed by atoms with Gasteiger partial charge in [-0.3, -0.25) is 4.57 Å². The molecule has 4 heteroatoms. The molecule has 0 spiro atoms. The highest BCUT2D eigenvalue weighted by atomic mass is 79.9. The molecule has 1 aliphatic heterocycles. The molecule has 0 amide bonds. The van der Waals surface area contributed by atoms with Gasteiger partial charge in [0.05, 0.1) is 17.1 Å². The lowest BCUT2D eigenvalue weighted by atomic mass is 9.99. The van der Waals surface area contributed by atoms with E-state index in [1.807, 2.05) is 6.07 Å². The first-order chi connectivity index (χ1) is 13.6. The average Bonchev–Trinajstić information content (AvgIpc) is 3.08. The summed E-state index contributed by atoms with van der Waals surface area (Å²) in [4.78, 5) is 4.86. The zero-order valence-corrected chi connectivity index (χ0v) is 17.4. The molecule has 0 aliphatic carbocycles. The maximum atomic E-state index is 4.86. The van der Waals surface area contributed by atoms with E-state index in [0.29, 0.717) is 0 Å². The van der Waals surface area contributed by atoms with Crippen molar-refractivity contribution in [2.24, 2.45) is 0 Å². The van der Waals surface area contributed by atoms with Crippen molar-refractivity contribution >= 4 is 38.6 Å². The molecule has 1 N–H and O–H groups in total. The number of nitrogens with one attached hydrogen (secondary N) is 1. The second-order valence-electron chi connectivity index (χ2n) is 7.29. The lowest BCUT2D eigenvalue weighted by molar-refractivity contribution is 0.720. The van der Waals surface area contributed by atoms with Crippen molar-refractivity contribution in [2.75, 3.05) is 5.32 Å². The Morgan fingerprint density at radius 3 is 2.50 bits per heavy atom. The second kappa shape index (κ2) is 6.64. The normalized spacial score (nSPS) is 15.8. The molecule has 2 heterocycles. The van der Waals surface area contributed by atoms with E-state index >= 15 is 0 Å². The molecule has 1 atom stereocenters. The highest BCUT2D eigenvalue weighted by molar-refractivity contribution is 9.10. The summed E-state index contributed by atoms with van der Waals surface area (Å²) in [7, 11) is 0. The van der Waals surface area contributed by atoms with E-state index in [4.69, 9.17) is 4.98 Å². The fourth-order valence-corrected chi connectivity index (χ4v) is 4.06. The molecule has 3 aromatic carbocycles. The van der Waals surface area contributed by atoms with Crippen LogP contribution in [-0.4, -0.2) is 9.55 Å². The van der Waals surface area contributed by atoms with E-state index < -0.39 is 0 Å². The Bertz CT molecular complexity index is 1220. The van der Waals surface area contributed by atoms with Gasteiger partial charge < -0.3 is 5.32 Å². The summed E-state index contributed by atoms with van der Waals surface area (Å²) in [5.41, 5.74) is 8.24. The Kier molecular flexibility index (Phi) is 4.09. The van der Waals surface area contributed by atoms with E-state index in [1.54, 1.807) is 0 Å². The lowest BCUT2D eigenvalue weighted by Gasteiger charge is -2.27. The molecule has 1 aromatic heterocycles. The summed E-state index contributed by atoms with van der Waals surface area (Å²) < 4.78 is 3.36. The van der Waals surface area contributed by atoms with E-state index in [0.717, 1.165) is 27.2 Å². The van der Waals surface area contributed by atoms with E-state index in [-0.39, 0.29) is 6.04 Å². The maximum Gasteiger partial charge on any atom is 0.209 e. The number of allylic oxidation sites excluding steroid dienone is 1. The number of hydrogen-bond acceptors (Lipinski definition) is 2. The first-order valence-electron chi connectivity index (χ1n) is 9.39. The van der Waals surface area contributed by atoms with Crippen LogP contribution >= 0.6 is 15.9 Å². The molecule has 5 rings (SSSR count). The van der Waals surface area contributed by atoms with Gasteiger partial charge in [-0.2, -0.15) is 0 Å². The number of halogens is 1. The first-order valence-corrected chi connectivity index (χ1v) is 10.2. The molecule has 0 saturated carbocycles. The van der Waals surface area contributed by atoms with Crippen molar-refractivity contribution < 1.29 is 0 Å². The third kappa shape index (κ3) is 2.85. The van der Waals surface area contributed by atoms with Gasteiger partial charge in [0.15, 0.2) is 0 Å². The molecule has 28 heavy (non-hydrogen) atoms. The molecule has 138 valence electrons. The van der Waals surface area contributed by atoms with Gasteiger partial charge in [0.1, 0.15) is 0 Å². The molecule has 1 aliphatic rings. The van der Waals surface area contributed by atoms with E-state index in [1.165, 1.54) is 22.3 Å². The van der Waals surface area contributed by atoms with Crippen molar-refractivity contribution in [3.05, 3.63) is 99.5 Å². The molecular formula is C24H20BrN3. The fraction of sp³-hybridized carbons (Fsp3) is 0.125. The van der Waals surface area contributed by atoms with Crippen LogP contribution in [0, 0.1) is 13.8 Å². The highest BCUT2D eigenvalue weighted by Crippen LogP contribution is 2.37. The summed E-state index contributed by atoms with van der Waals surface area (Å²) in [6.07, 6.45) is 2.30. The molecule has 4 aromatic rings. The van der Waals surface area contributed by atoms with Crippen LogP contribution in [0.1, 0.15) is 28.3 Å². The second-order valence-corrected chi connectivity index (χ2v) is 8.21. The van der Waals surface area contributed by atoms with Crippen molar-refractivity contribution in [3.63, 3.8) is 0 Å². The Labute approximate surface area is 172 Å². The monoisotopic (exact) mass is 429 g/mol. The topological polar surface area (TPSA) is 29.9 Å². The summed E-state index contributed by atoms with van der Waals surface area (Å²) in [5, 5.41) is 3.56. The number of anilines is 1. The lowest BCUT2D eigenvalue weighted by Crippen LogP contribution is -2.19. The number of fused-ring (bicyclic) bond motifs is 3. The molecule has 1 unspecified atom stereocenters. The van der Waals surface area contributed by atoms with Crippen LogP contribution in [-0.2, 0) is 0 Å². The summed E-state index contributed by atoms with van der Waals surface area (Å²) in [6, 6.07) is 23.5. The largest absolute Gasteiger partial charge is 0.325 e. The Balaban J connectivity index is 1.71. The van der Waals surface area contributed by atoms with Crippen LogP contribution in [0.3, 0.4) is 0 Å². The van der Waals surface area contributed by atoms with Gasteiger partial charge in [-0.05, 0) is 72.5 Å². The van der Waals surface area contributed by atoms with E-state index in [2.05, 4.69) is 106 Å². The predicted molar refractivity (Wildman–Crippen MR) is 120 cm³/mol. The number of imidazole rings is 1. The highest BCUT2D eigenvalue weighted by Gasteiger charge is 2.25. The average molecular weight is 430 g/mol.